The molecule has 0 N–H and O–H groups in total. The van der Waals surface area contributed by atoms with E-state index in [9.17, 15) is 4.79 Å². The molecule has 132 valence electrons. The number of methoxy groups -OCH3 is 1. The minimum atomic E-state index is 0.163. The fourth-order valence-electron chi connectivity index (χ4n) is 3.09. The summed E-state index contributed by atoms with van der Waals surface area (Å²) in [5.41, 5.74) is 2.02. The van der Waals surface area contributed by atoms with E-state index in [2.05, 4.69) is 4.98 Å². The molecule has 5 heteroatoms. The number of likely N-dealkylation sites (tertiary alicyclic amines) is 1. The number of ether oxygens (including phenoxy) is 2. The second-order valence-corrected chi connectivity index (χ2v) is 6.24. The highest BCUT2D eigenvalue weighted by Crippen LogP contribution is 2.21. The van der Waals surface area contributed by atoms with Gasteiger partial charge in [0.25, 0.3) is 0 Å². The molecule has 0 bridgehead atoms. The van der Waals surface area contributed by atoms with Gasteiger partial charge >= 0.3 is 0 Å². The van der Waals surface area contributed by atoms with Crippen LogP contribution in [0.1, 0.15) is 24.0 Å². The number of pyridine rings is 1. The normalized spacial score (nSPS) is 15.2. The van der Waals surface area contributed by atoms with Crippen molar-refractivity contribution in [1.82, 2.24) is 9.88 Å². The van der Waals surface area contributed by atoms with Crippen LogP contribution in [0.3, 0.4) is 0 Å². The number of para-hydroxylation sites is 1. The molecule has 0 radical (unpaired) electrons. The second-order valence-electron chi connectivity index (χ2n) is 6.24. The second kappa shape index (κ2) is 8.62. The lowest BCUT2D eigenvalue weighted by Gasteiger charge is -2.32. The number of carbonyl (C=O) groups excluding carboxylic acids is 1. The van der Waals surface area contributed by atoms with Crippen LogP contribution in [-0.2, 0) is 22.6 Å². The third-order valence-corrected chi connectivity index (χ3v) is 4.54. The molecule has 1 aromatic carbocycles. The van der Waals surface area contributed by atoms with Gasteiger partial charge in [-0.2, -0.15) is 0 Å². The van der Waals surface area contributed by atoms with Crippen molar-refractivity contribution in [3.63, 3.8) is 0 Å². The largest absolute Gasteiger partial charge is 0.496 e. The molecular weight excluding hydrogens is 316 g/mol. The average molecular weight is 340 g/mol. The highest BCUT2D eigenvalue weighted by Gasteiger charge is 2.23. The van der Waals surface area contributed by atoms with Crippen LogP contribution in [0.25, 0.3) is 0 Å². The molecule has 1 aliphatic heterocycles. The Morgan fingerprint density at radius 2 is 2.00 bits per heavy atom. The van der Waals surface area contributed by atoms with Gasteiger partial charge < -0.3 is 14.4 Å². The van der Waals surface area contributed by atoms with Crippen LogP contribution in [-0.4, -0.2) is 42.1 Å². The van der Waals surface area contributed by atoms with Crippen LogP contribution in [0, 0.1) is 0 Å². The summed E-state index contributed by atoms with van der Waals surface area (Å²) >= 11 is 0. The first kappa shape index (κ1) is 17.4. The first-order chi connectivity index (χ1) is 12.3. The van der Waals surface area contributed by atoms with E-state index in [1.54, 1.807) is 19.5 Å². The van der Waals surface area contributed by atoms with Crippen LogP contribution in [0.2, 0.25) is 0 Å². The predicted octanol–water partition coefficient (Wildman–Crippen LogP) is 2.84. The Morgan fingerprint density at radius 3 is 2.72 bits per heavy atom. The monoisotopic (exact) mass is 340 g/mol. The van der Waals surface area contributed by atoms with E-state index in [0.717, 1.165) is 42.8 Å². The van der Waals surface area contributed by atoms with Crippen LogP contribution < -0.4 is 4.74 Å². The van der Waals surface area contributed by atoms with Gasteiger partial charge in [0.05, 0.1) is 26.2 Å². The Labute approximate surface area is 148 Å². The van der Waals surface area contributed by atoms with E-state index in [4.69, 9.17) is 9.47 Å². The summed E-state index contributed by atoms with van der Waals surface area (Å²) in [6, 6.07) is 11.7. The van der Waals surface area contributed by atoms with E-state index in [-0.39, 0.29) is 12.0 Å². The smallest absolute Gasteiger partial charge is 0.227 e. The summed E-state index contributed by atoms with van der Waals surface area (Å²) in [5.74, 6) is 1.02. The van der Waals surface area contributed by atoms with Crippen molar-refractivity contribution in [3.05, 3.63) is 59.9 Å². The molecule has 5 nitrogen and oxygen atoms in total. The molecule has 25 heavy (non-hydrogen) atoms. The zero-order valence-corrected chi connectivity index (χ0v) is 14.6. The Bertz CT molecular complexity index is 682. The van der Waals surface area contributed by atoms with Crippen LogP contribution in [0.5, 0.6) is 5.75 Å². The van der Waals surface area contributed by atoms with E-state index in [0.29, 0.717) is 13.0 Å². The number of amides is 1. The maximum atomic E-state index is 12.4. The Balaban J connectivity index is 1.45. The SMILES string of the molecule is COc1ccccc1COC1CCN(C(=O)Cc2cccnc2)CC1. The summed E-state index contributed by atoms with van der Waals surface area (Å²) in [6.07, 6.45) is 5.81. The number of piperidine rings is 1. The zero-order valence-electron chi connectivity index (χ0n) is 14.6. The molecule has 1 saturated heterocycles. The number of rotatable bonds is 6. The van der Waals surface area contributed by atoms with E-state index in [1.807, 2.05) is 41.3 Å². The molecular formula is C20H24N2O3. The van der Waals surface area contributed by atoms with Crippen molar-refractivity contribution in [3.8, 4) is 5.75 Å². The van der Waals surface area contributed by atoms with Crippen molar-refractivity contribution in [2.45, 2.75) is 32.0 Å². The van der Waals surface area contributed by atoms with E-state index < -0.39 is 0 Å². The maximum Gasteiger partial charge on any atom is 0.227 e. The van der Waals surface area contributed by atoms with Gasteiger partial charge in [0.2, 0.25) is 5.91 Å². The van der Waals surface area contributed by atoms with E-state index in [1.165, 1.54) is 0 Å². The van der Waals surface area contributed by atoms with Gasteiger partial charge in [-0.3, -0.25) is 9.78 Å². The maximum absolute atomic E-state index is 12.4. The zero-order chi connectivity index (χ0) is 17.5. The fraction of sp³-hybridized carbons (Fsp3) is 0.400. The molecule has 0 saturated carbocycles. The molecule has 1 aliphatic rings. The molecule has 2 aromatic rings. The summed E-state index contributed by atoms with van der Waals surface area (Å²) in [7, 11) is 1.67. The average Bonchev–Trinajstić information content (AvgIpc) is 2.67. The van der Waals surface area contributed by atoms with Crippen LogP contribution >= 0.6 is 0 Å². The van der Waals surface area contributed by atoms with Crippen molar-refractivity contribution in [1.29, 1.82) is 0 Å². The molecule has 1 amide bonds. The number of aromatic nitrogens is 1. The summed E-state index contributed by atoms with van der Waals surface area (Å²) in [5, 5.41) is 0. The molecule has 1 fully saturated rings. The fourth-order valence-corrected chi connectivity index (χ4v) is 3.09. The number of hydrogen-bond donors (Lipinski definition) is 0. The van der Waals surface area contributed by atoms with Crippen molar-refractivity contribution in [2.24, 2.45) is 0 Å². The van der Waals surface area contributed by atoms with E-state index >= 15 is 0 Å². The van der Waals surface area contributed by atoms with Gasteiger partial charge in [-0.05, 0) is 30.5 Å². The van der Waals surface area contributed by atoms with Gasteiger partial charge in [-0.25, -0.2) is 0 Å². The number of hydrogen-bond acceptors (Lipinski definition) is 4. The quantitative estimate of drug-likeness (QED) is 0.811. The molecule has 0 spiro atoms. The van der Waals surface area contributed by atoms with Gasteiger partial charge in [0.15, 0.2) is 0 Å². The minimum Gasteiger partial charge on any atom is -0.496 e. The standard InChI is InChI=1S/C20H24N2O3/c1-24-19-7-3-2-6-17(19)15-25-18-8-11-22(12-9-18)20(23)13-16-5-4-10-21-14-16/h2-7,10,14,18H,8-9,11-13,15H2,1H3. The first-order valence-corrected chi connectivity index (χ1v) is 8.66. The Hall–Kier alpha value is -2.40. The highest BCUT2D eigenvalue weighted by atomic mass is 16.5. The predicted molar refractivity (Wildman–Crippen MR) is 95.3 cm³/mol. The lowest BCUT2D eigenvalue weighted by atomic mass is 10.1. The molecule has 1 aromatic heterocycles. The summed E-state index contributed by atoms with van der Waals surface area (Å²) in [4.78, 5) is 18.4. The number of carbonyl (C=O) groups is 1. The topological polar surface area (TPSA) is 51.7 Å². The van der Waals surface area contributed by atoms with Crippen molar-refractivity contribution < 1.29 is 14.3 Å². The molecule has 0 aliphatic carbocycles. The molecule has 0 atom stereocenters. The molecule has 0 unspecified atom stereocenters. The molecule has 2 heterocycles. The number of benzene rings is 1. The van der Waals surface area contributed by atoms with Gasteiger partial charge in [-0.15, -0.1) is 0 Å². The minimum absolute atomic E-state index is 0.163. The van der Waals surface area contributed by atoms with Gasteiger partial charge in [-0.1, -0.05) is 24.3 Å². The summed E-state index contributed by atoms with van der Waals surface area (Å²) < 4.78 is 11.4. The third kappa shape index (κ3) is 4.79. The third-order valence-electron chi connectivity index (χ3n) is 4.54. The Kier molecular flexibility index (Phi) is 6.01. The van der Waals surface area contributed by atoms with Gasteiger partial charge in [0.1, 0.15) is 5.75 Å². The van der Waals surface area contributed by atoms with Gasteiger partial charge in [0, 0.05) is 31.0 Å². The molecule has 3 rings (SSSR count). The van der Waals surface area contributed by atoms with Crippen LogP contribution in [0.4, 0.5) is 0 Å². The highest BCUT2D eigenvalue weighted by molar-refractivity contribution is 5.78. The number of nitrogens with zero attached hydrogens (tertiary/aromatic N) is 2. The van der Waals surface area contributed by atoms with Crippen molar-refractivity contribution >= 4 is 5.91 Å². The lowest BCUT2D eigenvalue weighted by molar-refractivity contribution is -0.133. The summed E-state index contributed by atoms with van der Waals surface area (Å²) in [6.45, 7) is 2.03. The van der Waals surface area contributed by atoms with Crippen molar-refractivity contribution in [2.75, 3.05) is 20.2 Å². The lowest BCUT2D eigenvalue weighted by Crippen LogP contribution is -2.41. The Morgan fingerprint density at radius 1 is 1.20 bits per heavy atom. The first-order valence-electron chi connectivity index (χ1n) is 8.66. The van der Waals surface area contributed by atoms with Crippen LogP contribution in [0.15, 0.2) is 48.8 Å².